The van der Waals surface area contributed by atoms with Crippen molar-refractivity contribution in [3.05, 3.63) is 38.8 Å². The third-order valence-corrected chi connectivity index (χ3v) is 6.18. The first-order valence-corrected chi connectivity index (χ1v) is 9.64. The van der Waals surface area contributed by atoms with Gasteiger partial charge in [0.2, 0.25) is 5.91 Å². The summed E-state index contributed by atoms with van der Waals surface area (Å²) in [5.41, 5.74) is 1.98. The van der Waals surface area contributed by atoms with Crippen molar-refractivity contribution in [1.29, 1.82) is 0 Å². The average molecular weight is 389 g/mol. The quantitative estimate of drug-likeness (QED) is 0.733. The van der Waals surface area contributed by atoms with E-state index in [2.05, 4.69) is 26.7 Å². The molecule has 10 heteroatoms. The molecule has 1 N–H and O–H groups in total. The predicted molar refractivity (Wildman–Crippen MR) is 96.3 cm³/mol. The van der Waals surface area contributed by atoms with Crippen LogP contribution in [0.3, 0.4) is 0 Å². The highest BCUT2D eigenvalue weighted by atomic mass is 32.1. The summed E-state index contributed by atoms with van der Waals surface area (Å²) in [4.78, 5) is 32.1. The molecule has 0 aliphatic carbocycles. The summed E-state index contributed by atoms with van der Waals surface area (Å²) in [6.45, 7) is 3.16. The van der Waals surface area contributed by atoms with Gasteiger partial charge in [0, 0.05) is 23.3 Å². The Bertz CT molecular complexity index is 990. The molecule has 1 amide bonds. The van der Waals surface area contributed by atoms with Crippen LogP contribution in [0.25, 0.3) is 10.6 Å². The molecular formula is C16H15N5O3S2. The molecule has 4 heterocycles. The standard InChI is InChI=1S/C16H15N5O3S2/c1-9-17-12(8-25-9)14-4-10-5-20(3-2-13(10)26-14)15(22)7-21-6-11(16(23)24)18-19-21/h4,6,8H,2-3,5,7H2,1H3,(H,23,24). The Morgan fingerprint density at radius 1 is 1.38 bits per heavy atom. The number of hydrogen-bond acceptors (Lipinski definition) is 7. The number of thiophene rings is 1. The van der Waals surface area contributed by atoms with E-state index in [1.54, 1.807) is 27.6 Å². The zero-order chi connectivity index (χ0) is 18.3. The van der Waals surface area contributed by atoms with Crippen molar-refractivity contribution in [2.75, 3.05) is 6.54 Å². The molecule has 0 spiro atoms. The van der Waals surface area contributed by atoms with Crippen LogP contribution >= 0.6 is 22.7 Å². The molecule has 0 unspecified atom stereocenters. The Balaban J connectivity index is 1.46. The third-order valence-electron chi connectivity index (χ3n) is 4.15. The number of hydrogen-bond donors (Lipinski definition) is 1. The maximum atomic E-state index is 12.5. The van der Waals surface area contributed by atoms with Gasteiger partial charge in [-0.2, -0.15) is 0 Å². The van der Waals surface area contributed by atoms with Crippen LogP contribution in [0, 0.1) is 6.92 Å². The number of carbonyl (C=O) groups is 2. The van der Waals surface area contributed by atoms with E-state index in [-0.39, 0.29) is 18.1 Å². The molecule has 0 aromatic carbocycles. The Morgan fingerprint density at radius 3 is 2.92 bits per heavy atom. The van der Waals surface area contributed by atoms with E-state index in [0.717, 1.165) is 27.6 Å². The van der Waals surface area contributed by atoms with Crippen molar-refractivity contribution in [2.45, 2.75) is 26.4 Å². The van der Waals surface area contributed by atoms with Gasteiger partial charge in [-0.05, 0) is 25.0 Å². The fourth-order valence-electron chi connectivity index (χ4n) is 2.86. The van der Waals surface area contributed by atoms with Gasteiger partial charge in [-0.15, -0.1) is 27.8 Å². The third kappa shape index (κ3) is 3.25. The van der Waals surface area contributed by atoms with Crippen LogP contribution < -0.4 is 0 Å². The maximum absolute atomic E-state index is 12.5. The summed E-state index contributed by atoms with van der Waals surface area (Å²) in [5, 5.41) is 19.2. The molecule has 26 heavy (non-hydrogen) atoms. The molecule has 0 saturated carbocycles. The van der Waals surface area contributed by atoms with Crippen molar-refractivity contribution in [2.24, 2.45) is 0 Å². The number of thiazole rings is 1. The number of rotatable bonds is 4. The van der Waals surface area contributed by atoms with Crippen LogP contribution in [-0.2, 0) is 24.3 Å². The number of aromatic carboxylic acids is 1. The van der Waals surface area contributed by atoms with E-state index >= 15 is 0 Å². The molecule has 0 bridgehead atoms. The number of carbonyl (C=O) groups excluding carboxylic acids is 1. The van der Waals surface area contributed by atoms with Gasteiger partial charge >= 0.3 is 5.97 Å². The molecule has 1 aliphatic heterocycles. The van der Waals surface area contributed by atoms with Gasteiger partial charge in [0.25, 0.3) is 0 Å². The number of nitrogens with zero attached hydrogens (tertiary/aromatic N) is 5. The minimum Gasteiger partial charge on any atom is -0.476 e. The lowest BCUT2D eigenvalue weighted by molar-refractivity contribution is -0.133. The molecule has 3 aromatic heterocycles. The zero-order valence-corrected chi connectivity index (χ0v) is 15.5. The van der Waals surface area contributed by atoms with Gasteiger partial charge in [0.1, 0.15) is 6.54 Å². The fourth-order valence-corrected chi connectivity index (χ4v) is 4.67. The first kappa shape index (κ1) is 16.9. The molecule has 3 aromatic rings. The molecule has 0 fully saturated rings. The van der Waals surface area contributed by atoms with Gasteiger partial charge in [0.15, 0.2) is 5.69 Å². The highest BCUT2D eigenvalue weighted by molar-refractivity contribution is 7.16. The van der Waals surface area contributed by atoms with Gasteiger partial charge in [-0.25, -0.2) is 14.5 Å². The molecule has 134 valence electrons. The Labute approximate surface area is 156 Å². The lowest BCUT2D eigenvalue weighted by atomic mass is 10.1. The van der Waals surface area contributed by atoms with Crippen molar-refractivity contribution in [1.82, 2.24) is 24.9 Å². The first-order chi connectivity index (χ1) is 12.5. The summed E-state index contributed by atoms with van der Waals surface area (Å²) in [6.07, 6.45) is 2.08. The number of fused-ring (bicyclic) bond motifs is 1. The van der Waals surface area contributed by atoms with Crippen LogP contribution in [0.5, 0.6) is 0 Å². The fraction of sp³-hybridized carbons (Fsp3) is 0.312. The van der Waals surface area contributed by atoms with Gasteiger partial charge in [-0.3, -0.25) is 4.79 Å². The van der Waals surface area contributed by atoms with E-state index < -0.39 is 5.97 Å². The number of amides is 1. The zero-order valence-electron chi connectivity index (χ0n) is 13.9. The lowest BCUT2D eigenvalue weighted by Gasteiger charge is -2.26. The first-order valence-electron chi connectivity index (χ1n) is 7.95. The average Bonchev–Trinajstić information content (AvgIpc) is 3.32. The highest BCUT2D eigenvalue weighted by Crippen LogP contribution is 2.35. The second-order valence-corrected chi connectivity index (χ2v) is 8.18. The topological polar surface area (TPSA) is 101 Å². The summed E-state index contributed by atoms with van der Waals surface area (Å²) in [7, 11) is 0. The molecule has 0 atom stereocenters. The smallest absolute Gasteiger partial charge is 0.358 e. The molecule has 8 nitrogen and oxygen atoms in total. The van der Waals surface area contributed by atoms with E-state index in [4.69, 9.17) is 5.11 Å². The summed E-state index contributed by atoms with van der Waals surface area (Å²) in [5.74, 6) is -1.26. The maximum Gasteiger partial charge on any atom is 0.358 e. The minimum atomic E-state index is -1.16. The Hall–Kier alpha value is -2.59. The summed E-state index contributed by atoms with van der Waals surface area (Å²) >= 11 is 3.37. The number of carboxylic acid groups (broad SMARTS) is 1. The predicted octanol–water partition coefficient (Wildman–Crippen LogP) is 2.05. The summed E-state index contributed by atoms with van der Waals surface area (Å²) < 4.78 is 1.26. The van der Waals surface area contributed by atoms with Crippen molar-refractivity contribution >= 4 is 34.6 Å². The Kier molecular flexibility index (Phi) is 4.29. The Morgan fingerprint density at radius 2 is 2.23 bits per heavy atom. The van der Waals surface area contributed by atoms with E-state index in [9.17, 15) is 9.59 Å². The minimum absolute atomic E-state index is 0.0160. The van der Waals surface area contributed by atoms with Crippen LogP contribution in [0.4, 0.5) is 0 Å². The van der Waals surface area contributed by atoms with Crippen molar-refractivity contribution < 1.29 is 14.7 Å². The van der Waals surface area contributed by atoms with Gasteiger partial charge in [0.05, 0.1) is 21.8 Å². The largest absolute Gasteiger partial charge is 0.476 e. The van der Waals surface area contributed by atoms with Crippen LogP contribution in [0.1, 0.15) is 25.9 Å². The molecule has 0 saturated heterocycles. The van der Waals surface area contributed by atoms with Crippen LogP contribution in [0.2, 0.25) is 0 Å². The molecular weight excluding hydrogens is 374 g/mol. The number of aromatic nitrogens is 4. The van der Waals surface area contributed by atoms with E-state index in [1.807, 2.05) is 6.92 Å². The number of carboxylic acids is 1. The van der Waals surface area contributed by atoms with Crippen LogP contribution in [0.15, 0.2) is 17.6 Å². The monoisotopic (exact) mass is 389 g/mol. The second kappa shape index (κ2) is 6.61. The van der Waals surface area contributed by atoms with Gasteiger partial charge in [-0.1, -0.05) is 5.21 Å². The van der Waals surface area contributed by atoms with Crippen LogP contribution in [-0.4, -0.2) is 48.4 Å². The second-order valence-electron chi connectivity index (χ2n) is 5.98. The molecule has 1 aliphatic rings. The lowest BCUT2D eigenvalue weighted by Crippen LogP contribution is -2.37. The van der Waals surface area contributed by atoms with Crippen molar-refractivity contribution in [3.63, 3.8) is 0 Å². The van der Waals surface area contributed by atoms with E-state index in [0.29, 0.717) is 13.1 Å². The summed E-state index contributed by atoms with van der Waals surface area (Å²) in [6, 6.07) is 2.12. The highest BCUT2D eigenvalue weighted by Gasteiger charge is 2.24. The molecule has 0 radical (unpaired) electrons. The normalized spacial score (nSPS) is 13.7. The molecule has 4 rings (SSSR count). The SMILES string of the molecule is Cc1nc(-c2cc3c(s2)CCN(C(=O)Cn2cc(C(=O)O)nn2)C3)cs1. The van der Waals surface area contributed by atoms with Crippen molar-refractivity contribution in [3.8, 4) is 10.6 Å². The number of aryl methyl sites for hydroxylation is 1. The van der Waals surface area contributed by atoms with E-state index in [1.165, 1.54) is 15.8 Å². The van der Waals surface area contributed by atoms with Gasteiger partial charge < -0.3 is 10.0 Å².